The molecule has 33 heavy (non-hydrogen) atoms. The van der Waals surface area contributed by atoms with E-state index in [0.29, 0.717) is 29.2 Å². The molecular weight excluding hydrogens is 412 g/mol. The van der Waals surface area contributed by atoms with Gasteiger partial charge >= 0.3 is 0 Å². The van der Waals surface area contributed by atoms with Gasteiger partial charge in [-0.15, -0.1) is 0 Å². The number of hydrogen-bond donors (Lipinski definition) is 1. The summed E-state index contributed by atoms with van der Waals surface area (Å²) in [5.74, 6) is -0.319. The molecule has 5 nitrogen and oxygen atoms in total. The van der Waals surface area contributed by atoms with Crippen LogP contribution >= 0.6 is 0 Å². The van der Waals surface area contributed by atoms with Gasteiger partial charge in [-0.1, -0.05) is 78.9 Å². The second kappa shape index (κ2) is 8.63. The summed E-state index contributed by atoms with van der Waals surface area (Å²) < 4.78 is 5.71. The number of para-hydroxylation sites is 2. The third kappa shape index (κ3) is 3.64. The fraction of sp³-hybridized carbons (Fsp3) is 0.0714. The summed E-state index contributed by atoms with van der Waals surface area (Å²) in [7, 11) is 0. The summed E-state index contributed by atoms with van der Waals surface area (Å²) in [5.41, 5.74) is 2.44. The average molecular weight is 434 g/mol. The van der Waals surface area contributed by atoms with E-state index in [1.54, 1.807) is 18.2 Å². The van der Waals surface area contributed by atoms with E-state index < -0.39 is 5.91 Å². The number of benzene rings is 4. The lowest BCUT2D eigenvalue weighted by atomic mass is 10.0. The first-order valence-electron chi connectivity index (χ1n) is 10.8. The van der Waals surface area contributed by atoms with Crippen LogP contribution in [0.25, 0.3) is 16.3 Å². The van der Waals surface area contributed by atoms with E-state index in [0.717, 1.165) is 16.5 Å². The summed E-state index contributed by atoms with van der Waals surface area (Å²) >= 11 is 0. The minimum Gasteiger partial charge on any atom is -0.492 e. The van der Waals surface area contributed by atoms with Crippen molar-refractivity contribution in [2.24, 2.45) is 0 Å². The Morgan fingerprint density at radius 2 is 1.45 bits per heavy atom. The van der Waals surface area contributed by atoms with Crippen molar-refractivity contribution >= 4 is 39.5 Å². The number of amides is 2. The molecule has 0 spiro atoms. The van der Waals surface area contributed by atoms with Crippen molar-refractivity contribution < 1.29 is 14.3 Å². The summed E-state index contributed by atoms with van der Waals surface area (Å²) in [6.07, 6.45) is 0. The highest BCUT2D eigenvalue weighted by molar-refractivity contribution is 6.46. The number of nitrogens with zero attached hydrogens (tertiary/aromatic N) is 1. The van der Waals surface area contributed by atoms with Crippen molar-refractivity contribution in [2.75, 3.05) is 16.8 Å². The van der Waals surface area contributed by atoms with Gasteiger partial charge < -0.3 is 10.1 Å². The van der Waals surface area contributed by atoms with Crippen LogP contribution in [0.1, 0.15) is 12.5 Å². The fourth-order valence-corrected chi connectivity index (χ4v) is 4.13. The first-order chi connectivity index (χ1) is 16.2. The quantitative estimate of drug-likeness (QED) is 0.399. The van der Waals surface area contributed by atoms with Gasteiger partial charge in [0.25, 0.3) is 11.8 Å². The molecule has 0 unspecified atom stereocenters. The second-order valence-corrected chi connectivity index (χ2v) is 7.61. The van der Waals surface area contributed by atoms with Gasteiger partial charge in [-0.05, 0) is 36.1 Å². The Morgan fingerprint density at radius 3 is 2.27 bits per heavy atom. The van der Waals surface area contributed by atoms with Crippen LogP contribution in [0, 0.1) is 0 Å². The topological polar surface area (TPSA) is 58.6 Å². The van der Waals surface area contributed by atoms with E-state index in [4.69, 9.17) is 4.74 Å². The summed E-state index contributed by atoms with van der Waals surface area (Å²) in [6, 6.07) is 30.1. The minimum absolute atomic E-state index is 0.244. The normalized spacial score (nSPS) is 13.7. The van der Waals surface area contributed by atoms with Crippen LogP contribution in [0.4, 0.5) is 11.4 Å². The Bertz CT molecular complexity index is 1390. The molecule has 5 rings (SSSR count). The number of rotatable bonds is 6. The van der Waals surface area contributed by atoms with Crippen molar-refractivity contribution in [3.8, 4) is 5.75 Å². The van der Waals surface area contributed by atoms with Crippen LogP contribution in [0.3, 0.4) is 0 Å². The number of anilines is 2. The number of carbonyl (C=O) groups excluding carboxylic acids is 2. The monoisotopic (exact) mass is 434 g/mol. The van der Waals surface area contributed by atoms with Gasteiger partial charge in [0, 0.05) is 11.1 Å². The molecule has 0 saturated heterocycles. The predicted molar refractivity (Wildman–Crippen MR) is 131 cm³/mol. The van der Waals surface area contributed by atoms with Crippen LogP contribution in [0.5, 0.6) is 5.75 Å². The number of fused-ring (bicyclic) bond motifs is 1. The molecule has 4 aromatic carbocycles. The van der Waals surface area contributed by atoms with Gasteiger partial charge in [0.15, 0.2) is 0 Å². The zero-order valence-corrected chi connectivity index (χ0v) is 18.1. The van der Waals surface area contributed by atoms with E-state index in [1.807, 2.05) is 85.8 Å². The summed E-state index contributed by atoms with van der Waals surface area (Å²) in [5, 5.41) is 5.30. The summed E-state index contributed by atoms with van der Waals surface area (Å²) in [6.45, 7) is 2.29. The maximum Gasteiger partial charge on any atom is 0.282 e. The molecule has 1 N–H and O–H groups in total. The van der Waals surface area contributed by atoms with Crippen molar-refractivity contribution in [3.63, 3.8) is 0 Å². The van der Waals surface area contributed by atoms with Gasteiger partial charge in [0.2, 0.25) is 0 Å². The Hall–Kier alpha value is -4.38. The smallest absolute Gasteiger partial charge is 0.282 e. The number of imide groups is 1. The summed E-state index contributed by atoms with van der Waals surface area (Å²) in [4.78, 5) is 28.6. The van der Waals surface area contributed by atoms with E-state index in [-0.39, 0.29) is 11.6 Å². The Labute approximate surface area is 191 Å². The zero-order chi connectivity index (χ0) is 22.8. The van der Waals surface area contributed by atoms with E-state index >= 15 is 0 Å². The van der Waals surface area contributed by atoms with Crippen LogP contribution in [-0.4, -0.2) is 18.4 Å². The highest BCUT2D eigenvalue weighted by Crippen LogP contribution is 2.38. The Balaban J connectivity index is 1.65. The Kier molecular flexibility index (Phi) is 5.37. The first-order valence-corrected chi connectivity index (χ1v) is 10.8. The highest BCUT2D eigenvalue weighted by Gasteiger charge is 2.41. The van der Waals surface area contributed by atoms with Gasteiger partial charge in [0.1, 0.15) is 11.4 Å². The maximum absolute atomic E-state index is 13.7. The van der Waals surface area contributed by atoms with Gasteiger partial charge in [-0.2, -0.15) is 0 Å². The molecule has 1 heterocycles. The van der Waals surface area contributed by atoms with Crippen molar-refractivity contribution in [1.29, 1.82) is 0 Å². The highest BCUT2D eigenvalue weighted by atomic mass is 16.5. The lowest BCUT2D eigenvalue weighted by Crippen LogP contribution is -2.32. The molecular formula is C28H22N2O3. The van der Waals surface area contributed by atoms with Crippen LogP contribution in [-0.2, 0) is 9.59 Å². The molecule has 2 amide bonds. The largest absolute Gasteiger partial charge is 0.492 e. The number of carbonyl (C=O) groups is 2. The van der Waals surface area contributed by atoms with E-state index in [1.165, 1.54) is 4.90 Å². The number of hydrogen-bond acceptors (Lipinski definition) is 4. The van der Waals surface area contributed by atoms with Gasteiger partial charge in [-0.3, -0.25) is 9.59 Å². The second-order valence-electron chi connectivity index (χ2n) is 7.61. The fourth-order valence-electron chi connectivity index (χ4n) is 4.13. The van der Waals surface area contributed by atoms with E-state index in [9.17, 15) is 9.59 Å². The molecule has 1 aliphatic rings. The van der Waals surface area contributed by atoms with Crippen LogP contribution in [0.15, 0.2) is 103 Å². The van der Waals surface area contributed by atoms with Crippen molar-refractivity contribution in [3.05, 3.63) is 108 Å². The van der Waals surface area contributed by atoms with E-state index in [2.05, 4.69) is 5.32 Å². The molecule has 0 atom stereocenters. The van der Waals surface area contributed by atoms with Crippen LogP contribution < -0.4 is 15.0 Å². The van der Waals surface area contributed by atoms with Crippen molar-refractivity contribution in [1.82, 2.24) is 0 Å². The molecule has 0 saturated carbocycles. The Morgan fingerprint density at radius 1 is 0.758 bits per heavy atom. The predicted octanol–water partition coefficient (Wildman–Crippen LogP) is 5.64. The zero-order valence-electron chi connectivity index (χ0n) is 18.1. The third-order valence-electron chi connectivity index (χ3n) is 5.60. The van der Waals surface area contributed by atoms with Gasteiger partial charge in [-0.25, -0.2) is 4.90 Å². The molecule has 0 radical (unpaired) electrons. The first kappa shape index (κ1) is 20.5. The molecule has 0 aliphatic carbocycles. The minimum atomic E-state index is -0.418. The molecule has 162 valence electrons. The molecule has 0 fully saturated rings. The SMILES string of the molecule is CCOc1ccccc1N1C(=O)C(Nc2cccc3ccccc23)=C(c2ccccc2)C1=O. The molecule has 1 aliphatic heterocycles. The average Bonchev–Trinajstić information content (AvgIpc) is 3.09. The molecule has 0 aromatic heterocycles. The van der Waals surface area contributed by atoms with Crippen molar-refractivity contribution in [2.45, 2.75) is 6.92 Å². The number of ether oxygens (including phenoxy) is 1. The van der Waals surface area contributed by atoms with Crippen LogP contribution in [0.2, 0.25) is 0 Å². The standard InChI is InChI=1S/C28H22N2O3/c1-2-33-24-18-9-8-17-23(24)30-27(31)25(20-12-4-3-5-13-20)26(28(30)32)29-22-16-10-14-19-11-6-7-15-21(19)22/h3-18,29H,2H2,1H3. The van der Waals surface area contributed by atoms with Gasteiger partial charge in [0.05, 0.1) is 17.9 Å². The lowest BCUT2D eigenvalue weighted by molar-refractivity contribution is -0.120. The molecule has 0 bridgehead atoms. The number of nitrogens with one attached hydrogen (secondary N) is 1. The lowest BCUT2D eigenvalue weighted by Gasteiger charge is -2.19. The maximum atomic E-state index is 13.7. The molecule has 5 heteroatoms. The third-order valence-corrected chi connectivity index (χ3v) is 5.60. The molecule has 4 aromatic rings.